The largest absolute Gasteiger partial charge is 0.481 e. The van der Waals surface area contributed by atoms with Crippen LogP contribution in [-0.2, 0) is 14.8 Å². The SMILES string of the molecule is O=C(O)CCCCN1C=Nc2ccccc2S1(=O)=O. The minimum atomic E-state index is -3.55. The Morgan fingerprint density at radius 1 is 1.26 bits per heavy atom. The van der Waals surface area contributed by atoms with Gasteiger partial charge in [-0.1, -0.05) is 12.1 Å². The van der Waals surface area contributed by atoms with Gasteiger partial charge in [0.15, 0.2) is 0 Å². The first kappa shape index (κ1) is 13.5. The number of hydrogen-bond acceptors (Lipinski definition) is 4. The highest BCUT2D eigenvalue weighted by molar-refractivity contribution is 7.89. The predicted molar refractivity (Wildman–Crippen MR) is 70.0 cm³/mol. The summed E-state index contributed by atoms with van der Waals surface area (Å²) >= 11 is 0. The molecule has 2 rings (SSSR count). The molecule has 0 amide bonds. The number of aliphatic imine (C=N–C) groups is 1. The van der Waals surface area contributed by atoms with Gasteiger partial charge in [-0.15, -0.1) is 0 Å². The van der Waals surface area contributed by atoms with Crippen molar-refractivity contribution >= 4 is 28.0 Å². The van der Waals surface area contributed by atoms with E-state index in [1.807, 2.05) is 0 Å². The number of aliphatic carboxylic acids is 1. The Morgan fingerprint density at radius 3 is 2.74 bits per heavy atom. The van der Waals surface area contributed by atoms with Gasteiger partial charge < -0.3 is 5.11 Å². The number of carboxylic acid groups (broad SMARTS) is 1. The van der Waals surface area contributed by atoms with Gasteiger partial charge in [0.25, 0.3) is 10.0 Å². The number of fused-ring (bicyclic) bond motifs is 1. The van der Waals surface area contributed by atoms with E-state index in [0.29, 0.717) is 18.5 Å². The van der Waals surface area contributed by atoms with Crippen LogP contribution in [0, 0.1) is 0 Å². The molecule has 102 valence electrons. The van der Waals surface area contributed by atoms with Crippen molar-refractivity contribution in [2.75, 3.05) is 6.54 Å². The number of carboxylic acids is 1. The molecule has 0 fully saturated rings. The molecule has 0 aliphatic carbocycles. The first-order valence-electron chi connectivity index (χ1n) is 5.88. The van der Waals surface area contributed by atoms with Gasteiger partial charge in [-0.2, -0.15) is 0 Å². The molecule has 0 saturated carbocycles. The molecule has 1 N–H and O–H groups in total. The molecule has 0 aromatic heterocycles. The number of unbranched alkanes of at least 4 members (excludes halogenated alkanes) is 1. The van der Waals surface area contributed by atoms with Crippen LogP contribution in [0.3, 0.4) is 0 Å². The fourth-order valence-corrected chi connectivity index (χ4v) is 3.25. The van der Waals surface area contributed by atoms with E-state index in [2.05, 4.69) is 4.99 Å². The third-order valence-electron chi connectivity index (χ3n) is 2.80. The van der Waals surface area contributed by atoms with E-state index in [0.717, 1.165) is 4.31 Å². The molecule has 7 heteroatoms. The maximum atomic E-state index is 12.3. The molecule has 0 unspecified atom stereocenters. The van der Waals surface area contributed by atoms with Crippen LogP contribution in [-0.4, -0.2) is 36.7 Å². The van der Waals surface area contributed by atoms with Crippen LogP contribution < -0.4 is 0 Å². The first-order valence-corrected chi connectivity index (χ1v) is 7.32. The minimum absolute atomic E-state index is 0.0433. The first-order chi connectivity index (χ1) is 9.01. The van der Waals surface area contributed by atoms with E-state index in [1.165, 1.54) is 12.4 Å². The fraction of sp³-hybridized carbons (Fsp3) is 0.333. The molecule has 1 aliphatic rings. The molecule has 0 bridgehead atoms. The highest BCUT2D eigenvalue weighted by Gasteiger charge is 2.27. The molecule has 0 atom stereocenters. The van der Waals surface area contributed by atoms with Gasteiger partial charge in [0, 0.05) is 13.0 Å². The second-order valence-electron chi connectivity index (χ2n) is 4.18. The van der Waals surface area contributed by atoms with Crippen LogP contribution in [0.25, 0.3) is 0 Å². The topological polar surface area (TPSA) is 87.0 Å². The van der Waals surface area contributed by atoms with E-state index in [9.17, 15) is 13.2 Å². The fourth-order valence-electron chi connectivity index (χ4n) is 1.82. The highest BCUT2D eigenvalue weighted by Crippen LogP contribution is 2.29. The molecule has 19 heavy (non-hydrogen) atoms. The molecule has 6 nitrogen and oxygen atoms in total. The second kappa shape index (κ2) is 5.40. The molecule has 1 aromatic rings. The molecule has 1 heterocycles. The van der Waals surface area contributed by atoms with Gasteiger partial charge in [-0.25, -0.2) is 13.4 Å². The van der Waals surface area contributed by atoms with Crippen LogP contribution in [0.4, 0.5) is 5.69 Å². The van der Waals surface area contributed by atoms with Crippen LogP contribution in [0.2, 0.25) is 0 Å². The summed E-state index contributed by atoms with van der Waals surface area (Å²) in [6, 6.07) is 6.55. The minimum Gasteiger partial charge on any atom is -0.481 e. The summed E-state index contributed by atoms with van der Waals surface area (Å²) in [6.07, 6.45) is 2.26. The number of benzene rings is 1. The van der Waals surface area contributed by atoms with E-state index < -0.39 is 16.0 Å². The van der Waals surface area contributed by atoms with Crippen LogP contribution in [0.15, 0.2) is 34.2 Å². The van der Waals surface area contributed by atoms with Crippen LogP contribution in [0.1, 0.15) is 19.3 Å². The van der Waals surface area contributed by atoms with Gasteiger partial charge in [0.2, 0.25) is 0 Å². The zero-order chi connectivity index (χ0) is 13.9. The molecule has 0 spiro atoms. The van der Waals surface area contributed by atoms with Gasteiger partial charge in [-0.3, -0.25) is 9.10 Å². The van der Waals surface area contributed by atoms with Crippen molar-refractivity contribution in [3.05, 3.63) is 24.3 Å². The number of para-hydroxylation sites is 1. The van der Waals surface area contributed by atoms with Crippen molar-refractivity contribution in [2.45, 2.75) is 24.2 Å². The lowest BCUT2D eigenvalue weighted by molar-refractivity contribution is -0.137. The Kier molecular flexibility index (Phi) is 3.84. The Hall–Kier alpha value is -1.89. The molecule has 1 aliphatic heterocycles. The summed E-state index contributed by atoms with van der Waals surface area (Å²) in [5.74, 6) is -0.875. The lowest BCUT2D eigenvalue weighted by Crippen LogP contribution is -2.32. The monoisotopic (exact) mass is 282 g/mol. The van der Waals surface area contributed by atoms with Crippen LogP contribution in [0.5, 0.6) is 0 Å². The van der Waals surface area contributed by atoms with Gasteiger partial charge in [0.1, 0.15) is 11.2 Å². The van der Waals surface area contributed by atoms with Gasteiger partial charge >= 0.3 is 5.97 Å². The predicted octanol–water partition coefficient (Wildman–Crippen LogP) is 1.61. The summed E-state index contributed by atoms with van der Waals surface area (Å²) in [7, 11) is -3.55. The number of rotatable bonds is 5. The summed E-state index contributed by atoms with van der Waals surface area (Å²) in [5, 5.41) is 8.53. The van der Waals surface area contributed by atoms with Crippen molar-refractivity contribution in [3.63, 3.8) is 0 Å². The zero-order valence-electron chi connectivity index (χ0n) is 10.2. The summed E-state index contributed by atoms with van der Waals surface area (Å²) in [4.78, 5) is 14.7. The Morgan fingerprint density at radius 2 is 2.00 bits per heavy atom. The van der Waals surface area contributed by atoms with Crippen molar-refractivity contribution in [3.8, 4) is 0 Å². The average molecular weight is 282 g/mol. The van der Waals surface area contributed by atoms with E-state index in [4.69, 9.17) is 5.11 Å². The molecular weight excluding hydrogens is 268 g/mol. The molecular formula is C12H14N2O4S. The average Bonchev–Trinajstić information content (AvgIpc) is 2.36. The highest BCUT2D eigenvalue weighted by atomic mass is 32.2. The zero-order valence-corrected chi connectivity index (χ0v) is 11.0. The quantitative estimate of drug-likeness (QED) is 0.831. The van der Waals surface area contributed by atoms with Gasteiger partial charge in [-0.05, 0) is 25.0 Å². The van der Waals surface area contributed by atoms with Crippen molar-refractivity contribution in [1.29, 1.82) is 0 Å². The Balaban J connectivity index is 2.07. The lowest BCUT2D eigenvalue weighted by atomic mass is 10.2. The van der Waals surface area contributed by atoms with E-state index in [1.54, 1.807) is 18.2 Å². The third kappa shape index (κ3) is 2.93. The number of sulfonamides is 1. The summed E-state index contributed by atoms with van der Waals surface area (Å²) in [5.41, 5.74) is 0.435. The standard InChI is InChI=1S/C12H14N2O4S/c15-12(16)7-3-4-8-14-9-13-10-5-1-2-6-11(10)19(14,17)18/h1-2,5-6,9H,3-4,7-8H2,(H,15,16). The maximum Gasteiger partial charge on any atom is 0.303 e. The number of carbonyl (C=O) groups is 1. The molecule has 0 radical (unpaired) electrons. The van der Waals surface area contributed by atoms with E-state index in [-0.39, 0.29) is 17.9 Å². The normalized spacial score (nSPS) is 16.1. The maximum absolute atomic E-state index is 12.3. The number of nitrogens with zero attached hydrogens (tertiary/aromatic N) is 2. The van der Waals surface area contributed by atoms with Crippen molar-refractivity contribution in [1.82, 2.24) is 4.31 Å². The van der Waals surface area contributed by atoms with E-state index >= 15 is 0 Å². The van der Waals surface area contributed by atoms with Gasteiger partial charge in [0.05, 0.1) is 5.69 Å². The van der Waals surface area contributed by atoms with Crippen LogP contribution >= 0.6 is 0 Å². The third-order valence-corrected chi connectivity index (χ3v) is 4.59. The van der Waals surface area contributed by atoms with Crippen molar-refractivity contribution < 1.29 is 18.3 Å². The molecule has 1 aromatic carbocycles. The van der Waals surface area contributed by atoms with Crippen molar-refractivity contribution in [2.24, 2.45) is 4.99 Å². The second-order valence-corrected chi connectivity index (χ2v) is 6.04. The molecule has 0 saturated heterocycles. The lowest BCUT2D eigenvalue weighted by Gasteiger charge is -2.23. The Bertz CT molecular complexity index is 610. The Labute approximate surface area is 111 Å². The number of hydrogen-bond donors (Lipinski definition) is 1. The summed E-state index contributed by atoms with van der Waals surface area (Å²) < 4.78 is 25.7. The smallest absolute Gasteiger partial charge is 0.303 e. The summed E-state index contributed by atoms with van der Waals surface area (Å²) in [6.45, 7) is 0.243.